The number of carbonyl (C=O) groups excluding carboxylic acids is 1. The SMILES string of the molecule is COc1ccccc1CNC(=O)C(C)N1CCN(Cc2ccc3c(c2)OCO3)CC1. The summed E-state index contributed by atoms with van der Waals surface area (Å²) in [5.41, 5.74) is 2.20. The molecular weight excluding hydrogens is 382 g/mol. The second kappa shape index (κ2) is 9.36. The Balaban J connectivity index is 1.24. The summed E-state index contributed by atoms with van der Waals surface area (Å²) in [5.74, 6) is 2.48. The van der Waals surface area contributed by atoms with E-state index in [4.69, 9.17) is 14.2 Å². The Labute approximate surface area is 177 Å². The molecule has 0 spiro atoms. The monoisotopic (exact) mass is 411 g/mol. The first kappa shape index (κ1) is 20.5. The van der Waals surface area contributed by atoms with Crippen LogP contribution in [0.2, 0.25) is 0 Å². The Morgan fingerprint density at radius 1 is 1.10 bits per heavy atom. The number of nitrogens with one attached hydrogen (secondary N) is 1. The maximum atomic E-state index is 12.7. The fraction of sp³-hybridized carbons (Fsp3) is 0.435. The van der Waals surface area contributed by atoms with Gasteiger partial charge in [-0.1, -0.05) is 24.3 Å². The molecule has 2 aromatic carbocycles. The highest BCUT2D eigenvalue weighted by Crippen LogP contribution is 2.32. The summed E-state index contributed by atoms with van der Waals surface area (Å²) in [4.78, 5) is 17.3. The number of hydrogen-bond acceptors (Lipinski definition) is 6. The summed E-state index contributed by atoms with van der Waals surface area (Å²) in [5, 5.41) is 3.05. The summed E-state index contributed by atoms with van der Waals surface area (Å²) in [6.45, 7) is 7.22. The third kappa shape index (κ3) is 4.68. The largest absolute Gasteiger partial charge is 0.496 e. The number of benzene rings is 2. The molecule has 2 heterocycles. The number of rotatable bonds is 7. The lowest BCUT2D eigenvalue weighted by Crippen LogP contribution is -2.53. The molecule has 1 unspecified atom stereocenters. The number of fused-ring (bicyclic) bond motifs is 1. The maximum absolute atomic E-state index is 12.7. The van der Waals surface area contributed by atoms with E-state index >= 15 is 0 Å². The molecule has 2 aromatic rings. The van der Waals surface area contributed by atoms with Crippen molar-refractivity contribution in [2.24, 2.45) is 0 Å². The first-order chi connectivity index (χ1) is 14.6. The van der Waals surface area contributed by atoms with E-state index in [2.05, 4.69) is 27.2 Å². The molecule has 2 aliphatic rings. The number of piperazine rings is 1. The second-order valence-corrected chi connectivity index (χ2v) is 7.71. The highest BCUT2D eigenvalue weighted by molar-refractivity contribution is 5.81. The van der Waals surface area contributed by atoms with Crippen LogP contribution in [0.25, 0.3) is 0 Å². The van der Waals surface area contributed by atoms with Crippen molar-refractivity contribution in [2.75, 3.05) is 40.1 Å². The molecule has 7 heteroatoms. The Morgan fingerprint density at radius 2 is 1.87 bits per heavy atom. The average molecular weight is 412 g/mol. The van der Waals surface area contributed by atoms with Crippen LogP contribution in [0.15, 0.2) is 42.5 Å². The lowest BCUT2D eigenvalue weighted by atomic mass is 10.1. The van der Waals surface area contributed by atoms with Gasteiger partial charge in [-0.05, 0) is 30.7 Å². The van der Waals surface area contributed by atoms with Crippen molar-refractivity contribution < 1.29 is 19.0 Å². The van der Waals surface area contributed by atoms with E-state index in [0.717, 1.165) is 55.5 Å². The normalized spacial score (nSPS) is 17.5. The Hall–Kier alpha value is -2.77. The topological polar surface area (TPSA) is 63.3 Å². The summed E-state index contributed by atoms with van der Waals surface area (Å²) in [7, 11) is 1.65. The number of nitrogens with zero attached hydrogens (tertiary/aromatic N) is 2. The molecule has 1 fully saturated rings. The van der Waals surface area contributed by atoms with E-state index < -0.39 is 0 Å². The van der Waals surface area contributed by atoms with Crippen LogP contribution in [0, 0.1) is 0 Å². The smallest absolute Gasteiger partial charge is 0.237 e. The molecular formula is C23H29N3O4. The van der Waals surface area contributed by atoms with Crippen LogP contribution in [0.1, 0.15) is 18.1 Å². The third-order valence-electron chi connectivity index (χ3n) is 5.82. The minimum atomic E-state index is -0.160. The van der Waals surface area contributed by atoms with Gasteiger partial charge in [0.05, 0.1) is 13.2 Å². The maximum Gasteiger partial charge on any atom is 0.237 e. The highest BCUT2D eigenvalue weighted by atomic mass is 16.7. The predicted molar refractivity (Wildman–Crippen MR) is 114 cm³/mol. The van der Waals surface area contributed by atoms with Crippen molar-refractivity contribution in [1.29, 1.82) is 0 Å². The zero-order chi connectivity index (χ0) is 20.9. The van der Waals surface area contributed by atoms with Crippen molar-refractivity contribution in [3.8, 4) is 17.2 Å². The predicted octanol–water partition coefficient (Wildman–Crippen LogP) is 2.25. The van der Waals surface area contributed by atoms with Crippen molar-refractivity contribution in [3.05, 3.63) is 53.6 Å². The lowest BCUT2D eigenvalue weighted by molar-refractivity contribution is -0.126. The zero-order valence-electron chi connectivity index (χ0n) is 17.6. The third-order valence-corrected chi connectivity index (χ3v) is 5.82. The number of ether oxygens (including phenoxy) is 3. The molecule has 1 atom stereocenters. The minimum absolute atomic E-state index is 0.0464. The molecule has 4 rings (SSSR count). The summed E-state index contributed by atoms with van der Waals surface area (Å²) < 4.78 is 16.2. The van der Waals surface area contributed by atoms with Crippen LogP contribution < -0.4 is 19.5 Å². The van der Waals surface area contributed by atoms with Crippen LogP contribution in [-0.4, -0.2) is 61.8 Å². The van der Waals surface area contributed by atoms with Crippen molar-refractivity contribution in [3.63, 3.8) is 0 Å². The molecule has 1 amide bonds. The summed E-state index contributed by atoms with van der Waals surface area (Å²) >= 11 is 0. The van der Waals surface area contributed by atoms with Gasteiger partial charge < -0.3 is 19.5 Å². The van der Waals surface area contributed by atoms with Gasteiger partial charge in [0.2, 0.25) is 12.7 Å². The molecule has 1 N–H and O–H groups in total. The van der Waals surface area contributed by atoms with Crippen molar-refractivity contribution in [1.82, 2.24) is 15.1 Å². The Kier molecular flexibility index (Phi) is 6.40. The number of para-hydroxylation sites is 1. The van der Waals surface area contributed by atoms with Crippen LogP contribution >= 0.6 is 0 Å². The average Bonchev–Trinajstić information content (AvgIpc) is 3.25. The van der Waals surface area contributed by atoms with Gasteiger partial charge in [-0.2, -0.15) is 0 Å². The quantitative estimate of drug-likeness (QED) is 0.754. The summed E-state index contributed by atoms with van der Waals surface area (Å²) in [6, 6.07) is 13.7. The van der Waals surface area contributed by atoms with Crippen LogP contribution in [-0.2, 0) is 17.9 Å². The number of methoxy groups -OCH3 is 1. The fourth-order valence-electron chi connectivity index (χ4n) is 3.95. The van der Waals surface area contributed by atoms with E-state index in [1.807, 2.05) is 37.3 Å². The van der Waals surface area contributed by atoms with Gasteiger partial charge in [0.25, 0.3) is 0 Å². The van der Waals surface area contributed by atoms with Crippen molar-refractivity contribution in [2.45, 2.75) is 26.1 Å². The molecule has 0 radical (unpaired) electrons. The number of hydrogen-bond donors (Lipinski definition) is 1. The van der Waals surface area contributed by atoms with Gasteiger partial charge in [-0.15, -0.1) is 0 Å². The fourth-order valence-corrected chi connectivity index (χ4v) is 3.95. The molecule has 30 heavy (non-hydrogen) atoms. The van der Waals surface area contributed by atoms with Gasteiger partial charge in [-0.25, -0.2) is 0 Å². The Morgan fingerprint density at radius 3 is 2.67 bits per heavy atom. The molecule has 160 valence electrons. The first-order valence-corrected chi connectivity index (χ1v) is 10.4. The van der Waals surface area contributed by atoms with Gasteiger partial charge >= 0.3 is 0 Å². The van der Waals surface area contributed by atoms with E-state index in [1.165, 1.54) is 5.56 Å². The first-order valence-electron chi connectivity index (χ1n) is 10.4. The van der Waals surface area contributed by atoms with Crippen molar-refractivity contribution >= 4 is 5.91 Å². The van der Waals surface area contributed by atoms with E-state index in [0.29, 0.717) is 13.3 Å². The lowest BCUT2D eigenvalue weighted by Gasteiger charge is -2.37. The standard InChI is InChI=1S/C23H29N3O4/c1-17(23(27)24-14-19-5-3-4-6-20(19)28-2)26-11-9-25(10-12-26)15-18-7-8-21-22(13-18)30-16-29-21/h3-8,13,17H,9-12,14-16H2,1-2H3,(H,24,27). The van der Waals surface area contributed by atoms with Crippen LogP contribution in [0.4, 0.5) is 0 Å². The van der Waals surface area contributed by atoms with E-state index in [1.54, 1.807) is 7.11 Å². The molecule has 0 saturated carbocycles. The van der Waals surface area contributed by atoms with E-state index in [-0.39, 0.29) is 11.9 Å². The second-order valence-electron chi connectivity index (χ2n) is 7.71. The molecule has 0 aromatic heterocycles. The molecule has 0 bridgehead atoms. The molecule has 7 nitrogen and oxygen atoms in total. The highest BCUT2D eigenvalue weighted by Gasteiger charge is 2.26. The van der Waals surface area contributed by atoms with Gasteiger partial charge in [0.1, 0.15) is 5.75 Å². The number of amides is 1. The van der Waals surface area contributed by atoms with Gasteiger partial charge in [-0.3, -0.25) is 14.6 Å². The van der Waals surface area contributed by atoms with E-state index in [9.17, 15) is 4.79 Å². The Bertz CT molecular complexity index is 881. The minimum Gasteiger partial charge on any atom is -0.496 e. The molecule has 2 aliphatic heterocycles. The zero-order valence-corrected chi connectivity index (χ0v) is 17.6. The number of carbonyl (C=O) groups is 1. The summed E-state index contributed by atoms with van der Waals surface area (Å²) in [6.07, 6.45) is 0. The van der Waals surface area contributed by atoms with Crippen LogP contribution in [0.5, 0.6) is 17.2 Å². The molecule has 0 aliphatic carbocycles. The van der Waals surface area contributed by atoms with Crippen LogP contribution in [0.3, 0.4) is 0 Å². The molecule has 1 saturated heterocycles. The van der Waals surface area contributed by atoms with Gasteiger partial charge in [0.15, 0.2) is 11.5 Å². The van der Waals surface area contributed by atoms with Gasteiger partial charge in [0, 0.05) is 44.8 Å².